The molecule has 25 heavy (non-hydrogen) atoms. The lowest BCUT2D eigenvalue weighted by molar-refractivity contribution is 0.211. The van der Waals surface area contributed by atoms with Crippen molar-refractivity contribution in [3.63, 3.8) is 0 Å². The first-order chi connectivity index (χ1) is 12.3. The van der Waals surface area contributed by atoms with Crippen LogP contribution in [-0.4, -0.2) is 51.8 Å². The standard InChI is InChI=1S/C18H19N5O2/c24-18-20-8-11-22(18)10-1-13-25-15-4-2-14(3-5-15)16-6-7-17-19-9-12-23(17)21-16/h2-7,9,12H,1,8,10-11,13H2,(H,20,24). The first-order valence-electron chi connectivity index (χ1n) is 8.36. The summed E-state index contributed by atoms with van der Waals surface area (Å²) in [7, 11) is 0. The molecule has 1 fully saturated rings. The van der Waals surface area contributed by atoms with Gasteiger partial charge in [-0.1, -0.05) is 0 Å². The number of ether oxygens (including phenoxy) is 1. The molecule has 1 N–H and O–H groups in total. The van der Waals surface area contributed by atoms with Gasteiger partial charge in [0.05, 0.1) is 12.3 Å². The Hall–Kier alpha value is -3.09. The van der Waals surface area contributed by atoms with Crippen LogP contribution in [0.3, 0.4) is 0 Å². The zero-order valence-corrected chi connectivity index (χ0v) is 13.8. The van der Waals surface area contributed by atoms with E-state index in [2.05, 4.69) is 15.4 Å². The van der Waals surface area contributed by atoms with E-state index in [0.717, 1.165) is 48.7 Å². The number of hydrogen-bond acceptors (Lipinski definition) is 4. The normalized spacial score (nSPS) is 14.1. The van der Waals surface area contributed by atoms with Gasteiger partial charge in [0.2, 0.25) is 0 Å². The van der Waals surface area contributed by atoms with E-state index in [-0.39, 0.29) is 6.03 Å². The number of rotatable bonds is 6. The molecule has 0 radical (unpaired) electrons. The van der Waals surface area contributed by atoms with E-state index in [1.54, 1.807) is 10.7 Å². The molecule has 0 aliphatic carbocycles. The Morgan fingerprint density at radius 2 is 2.04 bits per heavy atom. The van der Waals surface area contributed by atoms with Crippen molar-refractivity contribution >= 4 is 11.7 Å². The maximum absolute atomic E-state index is 11.4. The summed E-state index contributed by atoms with van der Waals surface area (Å²) in [5, 5.41) is 7.33. The van der Waals surface area contributed by atoms with Crippen molar-refractivity contribution in [1.29, 1.82) is 0 Å². The number of nitrogens with zero attached hydrogens (tertiary/aromatic N) is 4. The molecule has 0 unspecified atom stereocenters. The molecule has 1 aliphatic rings. The number of carbonyl (C=O) groups excluding carboxylic acids is 1. The lowest BCUT2D eigenvalue weighted by atomic mass is 10.1. The fourth-order valence-electron chi connectivity index (χ4n) is 2.86. The summed E-state index contributed by atoms with van der Waals surface area (Å²) in [5.74, 6) is 0.818. The third kappa shape index (κ3) is 3.40. The summed E-state index contributed by atoms with van der Waals surface area (Å²) in [6, 6.07) is 11.8. The maximum Gasteiger partial charge on any atom is 0.317 e. The quantitative estimate of drug-likeness (QED) is 0.700. The molecule has 1 saturated heterocycles. The molecule has 1 aliphatic heterocycles. The third-order valence-electron chi connectivity index (χ3n) is 4.19. The number of fused-ring (bicyclic) bond motifs is 1. The Balaban J connectivity index is 1.32. The molecule has 0 atom stereocenters. The highest BCUT2D eigenvalue weighted by Gasteiger charge is 2.18. The van der Waals surface area contributed by atoms with Crippen LogP contribution in [0.1, 0.15) is 6.42 Å². The number of imidazole rings is 1. The molecule has 2 aromatic heterocycles. The molecule has 0 spiro atoms. The number of hydrogen-bond donors (Lipinski definition) is 1. The highest BCUT2D eigenvalue weighted by molar-refractivity contribution is 5.76. The van der Waals surface area contributed by atoms with E-state index < -0.39 is 0 Å². The van der Waals surface area contributed by atoms with Gasteiger partial charge < -0.3 is 15.0 Å². The van der Waals surface area contributed by atoms with Crippen LogP contribution in [0.2, 0.25) is 0 Å². The van der Waals surface area contributed by atoms with Gasteiger partial charge in [0.25, 0.3) is 0 Å². The predicted octanol–water partition coefficient (Wildman–Crippen LogP) is 2.19. The molecule has 1 aromatic carbocycles. The van der Waals surface area contributed by atoms with E-state index in [9.17, 15) is 4.79 Å². The SMILES string of the molecule is O=C1NCCN1CCCOc1ccc(-c2ccc3nccn3n2)cc1. The number of carbonyl (C=O) groups is 1. The van der Waals surface area contributed by atoms with Gasteiger partial charge in [-0.15, -0.1) is 0 Å². The average molecular weight is 337 g/mol. The van der Waals surface area contributed by atoms with Gasteiger partial charge in [-0.05, 0) is 42.8 Å². The van der Waals surface area contributed by atoms with Crippen molar-refractivity contribution in [2.45, 2.75) is 6.42 Å². The predicted molar refractivity (Wildman–Crippen MR) is 93.5 cm³/mol. The van der Waals surface area contributed by atoms with Crippen LogP contribution in [0.4, 0.5) is 4.79 Å². The second-order valence-corrected chi connectivity index (χ2v) is 5.89. The molecule has 2 amide bonds. The first-order valence-corrected chi connectivity index (χ1v) is 8.36. The number of benzene rings is 1. The van der Waals surface area contributed by atoms with Crippen molar-refractivity contribution < 1.29 is 9.53 Å². The Kier molecular flexibility index (Phi) is 4.20. The second-order valence-electron chi connectivity index (χ2n) is 5.89. The molecule has 128 valence electrons. The van der Waals surface area contributed by atoms with Crippen LogP contribution in [0.5, 0.6) is 5.75 Å². The molecular formula is C18H19N5O2. The van der Waals surface area contributed by atoms with Crippen LogP contribution < -0.4 is 10.1 Å². The van der Waals surface area contributed by atoms with Crippen LogP contribution in [0.25, 0.3) is 16.9 Å². The van der Waals surface area contributed by atoms with Gasteiger partial charge in [-0.3, -0.25) is 0 Å². The smallest absolute Gasteiger partial charge is 0.317 e. The Morgan fingerprint density at radius 1 is 1.16 bits per heavy atom. The highest BCUT2D eigenvalue weighted by atomic mass is 16.5. The topological polar surface area (TPSA) is 71.8 Å². The largest absolute Gasteiger partial charge is 0.494 e. The van der Waals surface area contributed by atoms with Gasteiger partial charge in [-0.2, -0.15) is 5.10 Å². The fraction of sp³-hybridized carbons (Fsp3) is 0.278. The summed E-state index contributed by atoms with van der Waals surface area (Å²) >= 11 is 0. The molecule has 0 saturated carbocycles. The van der Waals surface area contributed by atoms with Crippen LogP contribution in [-0.2, 0) is 0 Å². The van der Waals surface area contributed by atoms with Crippen LogP contribution in [0.15, 0.2) is 48.8 Å². The van der Waals surface area contributed by atoms with E-state index in [0.29, 0.717) is 6.61 Å². The minimum Gasteiger partial charge on any atom is -0.494 e. The van der Waals surface area contributed by atoms with E-state index in [1.807, 2.05) is 47.5 Å². The van der Waals surface area contributed by atoms with E-state index >= 15 is 0 Å². The molecule has 3 aromatic rings. The van der Waals surface area contributed by atoms with Gasteiger partial charge in [0.1, 0.15) is 5.75 Å². The Bertz CT molecular complexity index is 875. The molecular weight excluding hydrogens is 318 g/mol. The monoisotopic (exact) mass is 337 g/mol. The minimum absolute atomic E-state index is 0.0201. The molecule has 7 heteroatoms. The van der Waals surface area contributed by atoms with Crippen LogP contribution in [0, 0.1) is 0 Å². The minimum atomic E-state index is 0.0201. The van der Waals surface area contributed by atoms with Crippen molar-refractivity contribution in [3.05, 3.63) is 48.8 Å². The average Bonchev–Trinajstić information content (AvgIpc) is 3.27. The highest BCUT2D eigenvalue weighted by Crippen LogP contribution is 2.21. The third-order valence-corrected chi connectivity index (χ3v) is 4.19. The van der Waals surface area contributed by atoms with Gasteiger partial charge in [-0.25, -0.2) is 14.3 Å². The van der Waals surface area contributed by atoms with Crippen molar-refractivity contribution in [1.82, 2.24) is 24.8 Å². The Labute approximate surface area is 145 Å². The molecule has 3 heterocycles. The fourth-order valence-corrected chi connectivity index (χ4v) is 2.86. The first kappa shape index (κ1) is 15.4. The van der Waals surface area contributed by atoms with Crippen molar-refractivity contribution in [2.75, 3.05) is 26.2 Å². The number of urea groups is 1. The number of amides is 2. The Morgan fingerprint density at radius 3 is 2.84 bits per heavy atom. The van der Waals surface area contributed by atoms with Crippen molar-refractivity contribution in [3.8, 4) is 17.0 Å². The molecule has 0 bridgehead atoms. The van der Waals surface area contributed by atoms with E-state index in [4.69, 9.17) is 4.74 Å². The summed E-state index contributed by atoms with van der Waals surface area (Å²) in [6.07, 6.45) is 4.37. The van der Waals surface area contributed by atoms with Gasteiger partial charge in [0, 0.05) is 37.6 Å². The van der Waals surface area contributed by atoms with Gasteiger partial charge >= 0.3 is 6.03 Å². The van der Waals surface area contributed by atoms with Gasteiger partial charge in [0.15, 0.2) is 5.65 Å². The molecule has 7 nitrogen and oxygen atoms in total. The van der Waals surface area contributed by atoms with Crippen LogP contribution >= 0.6 is 0 Å². The maximum atomic E-state index is 11.4. The zero-order valence-electron chi connectivity index (χ0n) is 13.8. The summed E-state index contributed by atoms with van der Waals surface area (Å²) in [6.45, 7) is 2.82. The zero-order chi connectivity index (χ0) is 17.1. The number of aromatic nitrogens is 3. The lowest BCUT2D eigenvalue weighted by Gasteiger charge is -2.14. The second kappa shape index (κ2) is 6.80. The van der Waals surface area contributed by atoms with Crippen molar-refractivity contribution in [2.24, 2.45) is 0 Å². The van der Waals surface area contributed by atoms with E-state index in [1.165, 1.54) is 0 Å². The number of nitrogens with one attached hydrogen (secondary N) is 1. The molecule has 4 rings (SSSR count). The summed E-state index contributed by atoms with van der Waals surface area (Å²) in [4.78, 5) is 17.4. The summed E-state index contributed by atoms with van der Waals surface area (Å²) < 4.78 is 7.51. The lowest BCUT2D eigenvalue weighted by Crippen LogP contribution is -2.29. The summed E-state index contributed by atoms with van der Waals surface area (Å²) in [5.41, 5.74) is 2.74.